The molecule has 0 amide bonds. The van der Waals surface area contributed by atoms with Crippen LogP contribution in [0.4, 0.5) is 4.39 Å². The van der Waals surface area contributed by atoms with Crippen molar-refractivity contribution >= 4 is 16.9 Å². The van der Waals surface area contributed by atoms with Crippen LogP contribution in [0.1, 0.15) is 50.2 Å². The van der Waals surface area contributed by atoms with E-state index in [0.717, 1.165) is 22.9 Å². The summed E-state index contributed by atoms with van der Waals surface area (Å²) in [4.78, 5) is 14.9. The monoisotopic (exact) mass is 293 g/mol. The van der Waals surface area contributed by atoms with Crippen LogP contribution in [0.5, 0.6) is 0 Å². The summed E-state index contributed by atoms with van der Waals surface area (Å²) in [5.74, 6) is -0.199. The summed E-state index contributed by atoms with van der Waals surface area (Å²) < 4.78 is 18.4. The molecule has 0 radical (unpaired) electrons. The molecule has 0 aliphatic heterocycles. The summed E-state index contributed by atoms with van der Waals surface area (Å²) in [6, 6.07) is 4.42. The highest BCUT2D eigenvalue weighted by Gasteiger charge is 2.16. The number of aromatic nitrogens is 1. The number of fused-ring (bicyclic) bond motifs is 1. The van der Waals surface area contributed by atoms with Gasteiger partial charge in [0.15, 0.2) is 0 Å². The Balaban J connectivity index is 0.00000106. The van der Waals surface area contributed by atoms with Crippen molar-refractivity contribution in [3.8, 4) is 0 Å². The van der Waals surface area contributed by atoms with Crippen molar-refractivity contribution in [1.29, 1.82) is 0 Å². The van der Waals surface area contributed by atoms with Gasteiger partial charge < -0.3 is 9.72 Å². The number of hydrogen-bond donors (Lipinski definition) is 1. The number of esters is 1. The van der Waals surface area contributed by atoms with E-state index >= 15 is 0 Å². The highest BCUT2D eigenvalue weighted by Crippen LogP contribution is 2.23. The van der Waals surface area contributed by atoms with Gasteiger partial charge in [-0.1, -0.05) is 27.7 Å². The van der Waals surface area contributed by atoms with Gasteiger partial charge in [0.05, 0.1) is 6.61 Å². The van der Waals surface area contributed by atoms with Gasteiger partial charge in [0.25, 0.3) is 0 Å². The molecule has 1 N–H and O–H groups in total. The van der Waals surface area contributed by atoms with Crippen molar-refractivity contribution in [2.45, 2.75) is 41.0 Å². The number of carbonyl (C=O) groups excluding carboxylic acids is 1. The van der Waals surface area contributed by atoms with E-state index in [9.17, 15) is 9.18 Å². The number of H-pyrrole nitrogens is 1. The minimum Gasteiger partial charge on any atom is -0.461 e. The van der Waals surface area contributed by atoms with Crippen molar-refractivity contribution in [3.05, 3.63) is 35.3 Å². The van der Waals surface area contributed by atoms with Crippen LogP contribution in [-0.2, 0) is 4.74 Å². The number of nitrogens with one attached hydrogen (secondary N) is 1. The Morgan fingerprint density at radius 3 is 2.62 bits per heavy atom. The molecule has 4 heteroatoms. The molecule has 0 fully saturated rings. The Labute approximate surface area is 125 Å². The van der Waals surface area contributed by atoms with Crippen LogP contribution in [0.2, 0.25) is 0 Å². The van der Waals surface area contributed by atoms with Crippen molar-refractivity contribution in [3.63, 3.8) is 0 Å². The zero-order valence-corrected chi connectivity index (χ0v) is 13.4. The molecule has 2 aromatic rings. The number of ether oxygens (including phenoxy) is 1. The van der Waals surface area contributed by atoms with Crippen LogP contribution >= 0.6 is 0 Å². The predicted octanol–water partition coefficient (Wildman–Crippen LogP) is 4.84. The number of aromatic amines is 1. The van der Waals surface area contributed by atoms with Gasteiger partial charge in [0.2, 0.25) is 0 Å². The Morgan fingerprint density at radius 1 is 1.33 bits per heavy atom. The number of rotatable bonds is 4. The standard InChI is InChI=1S/C15H18FNO2.C2H6/c1-9(2)6-7-19-15(18)14-10(3)12-8-11(16)4-5-13(12)17-14;1-2/h4-5,8-9,17H,6-7H2,1-3H3;1-2H3. The Morgan fingerprint density at radius 2 is 2.00 bits per heavy atom. The quantitative estimate of drug-likeness (QED) is 0.819. The highest BCUT2D eigenvalue weighted by molar-refractivity contribution is 5.98. The van der Waals surface area contributed by atoms with E-state index in [-0.39, 0.29) is 11.8 Å². The molecule has 0 unspecified atom stereocenters. The first-order valence-corrected chi connectivity index (χ1v) is 7.44. The Hall–Kier alpha value is -1.84. The molecule has 0 aliphatic rings. The molecule has 1 aromatic carbocycles. The summed E-state index contributed by atoms with van der Waals surface area (Å²) in [6.07, 6.45) is 0.833. The van der Waals surface area contributed by atoms with Gasteiger partial charge in [-0.2, -0.15) is 0 Å². The molecule has 0 saturated carbocycles. The van der Waals surface area contributed by atoms with Gasteiger partial charge in [-0.3, -0.25) is 0 Å². The molecule has 0 atom stereocenters. The number of hydrogen-bond acceptors (Lipinski definition) is 2. The number of aryl methyl sites for hydroxylation is 1. The average molecular weight is 293 g/mol. The molecule has 0 aliphatic carbocycles. The minimum atomic E-state index is -0.380. The largest absolute Gasteiger partial charge is 0.461 e. The van der Waals surface area contributed by atoms with Crippen molar-refractivity contribution in [1.82, 2.24) is 4.98 Å². The second-order valence-electron chi connectivity index (χ2n) is 5.13. The van der Waals surface area contributed by atoms with Gasteiger partial charge in [-0.05, 0) is 43.0 Å². The van der Waals surface area contributed by atoms with E-state index < -0.39 is 0 Å². The summed E-state index contributed by atoms with van der Waals surface area (Å²) >= 11 is 0. The summed E-state index contributed by atoms with van der Waals surface area (Å²) in [7, 11) is 0. The van der Waals surface area contributed by atoms with E-state index in [1.54, 1.807) is 13.0 Å². The third-order valence-electron chi connectivity index (χ3n) is 3.15. The second-order valence-corrected chi connectivity index (χ2v) is 5.13. The molecular formula is C17H24FNO2. The molecular weight excluding hydrogens is 269 g/mol. The molecule has 116 valence electrons. The normalized spacial score (nSPS) is 10.4. The van der Waals surface area contributed by atoms with Crippen molar-refractivity contribution in [2.75, 3.05) is 6.61 Å². The zero-order chi connectivity index (χ0) is 16.0. The molecule has 2 rings (SSSR count). The first-order valence-electron chi connectivity index (χ1n) is 7.44. The molecule has 1 heterocycles. The summed E-state index contributed by atoms with van der Waals surface area (Å²) in [5, 5.41) is 0.718. The molecule has 0 bridgehead atoms. The van der Waals surface area contributed by atoms with E-state index in [4.69, 9.17) is 4.74 Å². The maximum Gasteiger partial charge on any atom is 0.355 e. The van der Waals surface area contributed by atoms with Crippen molar-refractivity contribution in [2.24, 2.45) is 5.92 Å². The van der Waals surface area contributed by atoms with Crippen LogP contribution in [0.25, 0.3) is 10.9 Å². The molecule has 3 nitrogen and oxygen atoms in total. The first kappa shape index (κ1) is 17.2. The molecule has 1 aromatic heterocycles. The zero-order valence-electron chi connectivity index (χ0n) is 13.4. The van der Waals surface area contributed by atoms with Gasteiger partial charge in [-0.25, -0.2) is 9.18 Å². The van der Waals surface area contributed by atoms with E-state index in [0.29, 0.717) is 18.2 Å². The average Bonchev–Trinajstić information content (AvgIpc) is 2.78. The SMILES string of the molecule is CC.Cc1c(C(=O)OCCC(C)C)[nH]c2ccc(F)cc12. The Bertz CT molecular complexity index is 602. The second kappa shape index (κ2) is 7.81. The fourth-order valence-corrected chi connectivity index (χ4v) is 1.96. The third kappa shape index (κ3) is 4.31. The van der Waals surface area contributed by atoms with Crippen LogP contribution < -0.4 is 0 Å². The van der Waals surface area contributed by atoms with Gasteiger partial charge >= 0.3 is 5.97 Å². The van der Waals surface area contributed by atoms with Crippen LogP contribution in [-0.4, -0.2) is 17.6 Å². The maximum absolute atomic E-state index is 13.2. The molecule has 0 saturated heterocycles. The highest BCUT2D eigenvalue weighted by atomic mass is 19.1. The van der Waals surface area contributed by atoms with Gasteiger partial charge in [0.1, 0.15) is 11.5 Å². The number of halogens is 1. The molecule has 0 spiro atoms. The topological polar surface area (TPSA) is 42.1 Å². The summed E-state index contributed by atoms with van der Waals surface area (Å²) in [5.41, 5.74) is 1.88. The lowest BCUT2D eigenvalue weighted by Crippen LogP contribution is -2.09. The third-order valence-corrected chi connectivity index (χ3v) is 3.15. The predicted molar refractivity (Wildman–Crippen MR) is 84.1 cm³/mol. The lowest BCUT2D eigenvalue weighted by molar-refractivity contribution is 0.0481. The Kier molecular flexibility index (Phi) is 6.40. The number of benzene rings is 1. The maximum atomic E-state index is 13.2. The van der Waals surface area contributed by atoms with Crippen LogP contribution in [0, 0.1) is 18.7 Å². The fraction of sp³-hybridized carbons (Fsp3) is 0.471. The van der Waals surface area contributed by atoms with Crippen LogP contribution in [0.15, 0.2) is 18.2 Å². The first-order chi connectivity index (χ1) is 9.99. The summed E-state index contributed by atoms with van der Waals surface area (Å²) in [6.45, 7) is 10.3. The minimum absolute atomic E-state index is 0.311. The lowest BCUT2D eigenvalue weighted by Gasteiger charge is -2.06. The fourth-order valence-electron chi connectivity index (χ4n) is 1.96. The van der Waals surface area contributed by atoms with Gasteiger partial charge in [0, 0.05) is 10.9 Å². The smallest absolute Gasteiger partial charge is 0.355 e. The van der Waals surface area contributed by atoms with Gasteiger partial charge in [-0.15, -0.1) is 0 Å². The van der Waals surface area contributed by atoms with Crippen LogP contribution in [0.3, 0.4) is 0 Å². The lowest BCUT2D eigenvalue weighted by atomic mass is 10.1. The number of carbonyl (C=O) groups is 1. The van der Waals surface area contributed by atoms with Crippen molar-refractivity contribution < 1.29 is 13.9 Å². The van der Waals surface area contributed by atoms with E-state index in [2.05, 4.69) is 18.8 Å². The van der Waals surface area contributed by atoms with E-state index in [1.807, 2.05) is 13.8 Å². The molecule has 21 heavy (non-hydrogen) atoms. The van der Waals surface area contributed by atoms with E-state index in [1.165, 1.54) is 12.1 Å².